The summed E-state index contributed by atoms with van der Waals surface area (Å²) < 4.78 is 0. The van der Waals surface area contributed by atoms with Gasteiger partial charge in [-0.1, -0.05) is 6.92 Å². The van der Waals surface area contributed by atoms with E-state index in [2.05, 4.69) is 22.8 Å². The lowest BCUT2D eigenvalue weighted by atomic mass is 9.89. The van der Waals surface area contributed by atoms with Crippen LogP contribution >= 0.6 is 11.3 Å². The monoisotopic (exact) mass is 242 g/mol. The molecule has 2 aromatic heterocycles. The van der Waals surface area contributed by atoms with Gasteiger partial charge in [-0.2, -0.15) is 0 Å². The van der Waals surface area contributed by atoms with Gasteiger partial charge in [0, 0.05) is 10.3 Å². The minimum atomic E-state index is 0.775. The topological polar surface area (TPSA) is 25.8 Å². The van der Waals surface area contributed by atoms with E-state index in [0.717, 1.165) is 34.1 Å². The van der Waals surface area contributed by atoms with Crippen LogP contribution in [-0.4, -0.2) is 9.97 Å². The molecule has 2 aromatic rings. The Morgan fingerprint density at radius 3 is 3.00 bits per heavy atom. The minimum absolute atomic E-state index is 0.775. The predicted octanol–water partition coefficient (Wildman–Crippen LogP) is 3.11. The summed E-state index contributed by atoms with van der Waals surface area (Å²) >= 11 is 1.80. The Bertz CT molecular complexity index is 634. The molecule has 3 heteroatoms. The summed E-state index contributed by atoms with van der Waals surface area (Å²) in [5, 5.41) is 1.14. The highest BCUT2D eigenvalue weighted by atomic mass is 32.1. The van der Waals surface area contributed by atoms with Crippen LogP contribution in [0.3, 0.4) is 0 Å². The lowest BCUT2D eigenvalue weighted by Gasteiger charge is -2.17. The summed E-state index contributed by atoms with van der Waals surface area (Å²) in [5.74, 6) is 4.27. The molecule has 3 rings (SSSR count). The molecular formula is C14H14N2S. The van der Waals surface area contributed by atoms with Crippen molar-refractivity contribution < 1.29 is 0 Å². The molecule has 0 N–H and O–H groups in total. The first-order valence-corrected chi connectivity index (χ1v) is 6.76. The fourth-order valence-electron chi connectivity index (χ4n) is 2.55. The van der Waals surface area contributed by atoms with E-state index in [1.165, 1.54) is 23.3 Å². The smallest absolute Gasteiger partial charge is 0.128 e. The van der Waals surface area contributed by atoms with Crippen LogP contribution in [0.2, 0.25) is 0 Å². The van der Waals surface area contributed by atoms with Gasteiger partial charge in [-0.15, -0.1) is 17.8 Å². The second-order valence-corrected chi connectivity index (χ2v) is 5.88. The third-order valence-electron chi connectivity index (χ3n) is 3.40. The molecule has 0 fully saturated rings. The first-order chi connectivity index (χ1) is 8.19. The highest BCUT2D eigenvalue weighted by molar-refractivity contribution is 7.18. The number of thiophene rings is 1. The Hall–Kier alpha value is -1.40. The van der Waals surface area contributed by atoms with Crippen LogP contribution in [0.4, 0.5) is 0 Å². The van der Waals surface area contributed by atoms with E-state index in [1.54, 1.807) is 11.3 Å². The van der Waals surface area contributed by atoms with Crippen molar-refractivity contribution in [2.45, 2.75) is 33.1 Å². The summed E-state index contributed by atoms with van der Waals surface area (Å²) in [5.41, 5.74) is 2.19. The van der Waals surface area contributed by atoms with Gasteiger partial charge in [0.05, 0.1) is 0 Å². The van der Waals surface area contributed by atoms with Gasteiger partial charge in [-0.05, 0) is 43.6 Å². The molecule has 0 bridgehead atoms. The van der Waals surface area contributed by atoms with Gasteiger partial charge >= 0.3 is 0 Å². The molecule has 0 saturated carbocycles. The van der Waals surface area contributed by atoms with Gasteiger partial charge in [-0.25, -0.2) is 9.97 Å². The van der Waals surface area contributed by atoms with Crippen molar-refractivity contribution in [3.05, 3.63) is 22.0 Å². The van der Waals surface area contributed by atoms with E-state index in [1.807, 2.05) is 6.92 Å². The molecule has 1 unspecified atom stereocenters. The first-order valence-electron chi connectivity index (χ1n) is 5.94. The molecule has 0 aromatic carbocycles. The van der Waals surface area contributed by atoms with Crippen molar-refractivity contribution in [3.8, 4) is 12.3 Å². The van der Waals surface area contributed by atoms with E-state index in [4.69, 9.17) is 6.42 Å². The molecule has 1 atom stereocenters. The van der Waals surface area contributed by atoms with Crippen molar-refractivity contribution in [1.82, 2.24) is 9.97 Å². The number of nitrogens with zero attached hydrogens (tertiary/aromatic N) is 2. The molecular weight excluding hydrogens is 228 g/mol. The largest absolute Gasteiger partial charge is 0.224 e. The molecule has 0 amide bonds. The fourth-order valence-corrected chi connectivity index (χ4v) is 3.98. The maximum Gasteiger partial charge on any atom is 0.128 e. The number of rotatable bonds is 0. The summed E-state index contributed by atoms with van der Waals surface area (Å²) in [6.07, 6.45) is 9.10. The molecule has 2 heterocycles. The van der Waals surface area contributed by atoms with E-state index >= 15 is 0 Å². The van der Waals surface area contributed by atoms with E-state index < -0.39 is 0 Å². The highest BCUT2D eigenvalue weighted by Gasteiger charge is 2.22. The quantitative estimate of drug-likeness (QED) is 0.663. The average Bonchev–Trinajstić information content (AvgIpc) is 2.64. The summed E-state index contributed by atoms with van der Waals surface area (Å²) in [6.45, 7) is 4.22. The van der Waals surface area contributed by atoms with Gasteiger partial charge in [-0.3, -0.25) is 0 Å². The average molecular weight is 242 g/mol. The second kappa shape index (κ2) is 3.82. The van der Waals surface area contributed by atoms with Crippen LogP contribution in [0.5, 0.6) is 0 Å². The molecule has 2 nitrogen and oxygen atoms in total. The predicted molar refractivity (Wildman–Crippen MR) is 71.3 cm³/mol. The zero-order valence-corrected chi connectivity index (χ0v) is 10.9. The Balaban J connectivity index is 2.33. The summed E-state index contributed by atoms with van der Waals surface area (Å²) in [7, 11) is 0. The number of hydrogen-bond donors (Lipinski definition) is 0. The molecule has 86 valence electrons. The van der Waals surface area contributed by atoms with Gasteiger partial charge in [0.25, 0.3) is 0 Å². The molecule has 17 heavy (non-hydrogen) atoms. The highest BCUT2D eigenvalue weighted by Crippen LogP contribution is 2.38. The standard InChI is InChI=1S/C14H14N2S/c1-4-11-13-10-6-5-8(2)7-12(10)17-14(13)16-9(3)15-11/h1,8H,5-7H2,2-3H3. The van der Waals surface area contributed by atoms with E-state index in [9.17, 15) is 0 Å². The van der Waals surface area contributed by atoms with Crippen LogP contribution in [0, 0.1) is 25.2 Å². The maximum absolute atomic E-state index is 5.57. The van der Waals surface area contributed by atoms with Crippen LogP contribution < -0.4 is 0 Å². The number of hydrogen-bond acceptors (Lipinski definition) is 3. The molecule has 0 saturated heterocycles. The number of aryl methyl sites for hydroxylation is 2. The van der Waals surface area contributed by atoms with Gasteiger partial charge < -0.3 is 0 Å². The SMILES string of the molecule is C#Cc1nc(C)nc2sc3c(c12)CCC(C)C3. The zero-order chi connectivity index (χ0) is 12.0. The third kappa shape index (κ3) is 1.64. The van der Waals surface area contributed by atoms with Crippen LogP contribution in [-0.2, 0) is 12.8 Å². The third-order valence-corrected chi connectivity index (χ3v) is 4.55. The number of aromatic nitrogens is 2. The number of fused-ring (bicyclic) bond motifs is 3. The first kappa shape index (κ1) is 10.7. The molecule has 0 radical (unpaired) electrons. The zero-order valence-electron chi connectivity index (χ0n) is 10.1. The second-order valence-electron chi connectivity index (χ2n) is 4.80. The molecule has 0 spiro atoms. The van der Waals surface area contributed by atoms with Gasteiger partial charge in [0.15, 0.2) is 0 Å². The van der Waals surface area contributed by atoms with Crippen molar-refractivity contribution in [1.29, 1.82) is 0 Å². The van der Waals surface area contributed by atoms with Gasteiger partial charge in [0.2, 0.25) is 0 Å². The van der Waals surface area contributed by atoms with Crippen molar-refractivity contribution in [2.75, 3.05) is 0 Å². The lowest BCUT2D eigenvalue weighted by molar-refractivity contribution is 0.509. The Morgan fingerprint density at radius 1 is 1.41 bits per heavy atom. The number of terminal acetylenes is 1. The Labute approximate surface area is 105 Å². The van der Waals surface area contributed by atoms with Crippen LogP contribution in [0.1, 0.15) is 35.3 Å². The summed E-state index contributed by atoms with van der Waals surface area (Å²) in [6, 6.07) is 0. The van der Waals surface area contributed by atoms with E-state index in [-0.39, 0.29) is 0 Å². The van der Waals surface area contributed by atoms with Gasteiger partial charge in [0.1, 0.15) is 16.3 Å². The Morgan fingerprint density at radius 2 is 2.24 bits per heavy atom. The van der Waals surface area contributed by atoms with Crippen LogP contribution in [0.25, 0.3) is 10.2 Å². The fraction of sp³-hybridized carbons (Fsp3) is 0.429. The lowest BCUT2D eigenvalue weighted by Crippen LogP contribution is -2.08. The minimum Gasteiger partial charge on any atom is -0.224 e. The van der Waals surface area contributed by atoms with Crippen LogP contribution in [0.15, 0.2) is 0 Å². The summed E-state index contributed by atoms with van der Waals surface area (Å²) in [4.78, 5) is 11.4. The maximum atomic E-state index is 5.57. The van der Waals surface area contributed by atoms with E-state index in [0.29, 0.717) is 0 Å². The normalized spacial score (nSPS) is 19.0. The molecule has 0 aliphatic heterocycles. The van der Waals surface area contributed by atoms with Crippen molar-refractivity contribution >= 4 is 21.6 Å². The van der Waals surface area contributed by atoms with Crippen molar-refractivity contribution in [2.24, 2.45) is 5.92 Å². The Kier molecular flexibility index (Phi) is 2.41. The molecule has 1 aliphatic rings. The molecule has 1 aliphatic carbocycles. The van der Waals surface area contributed by atoms with Crippen molar-refractivity contribution in [3.63, 3.8) is 0 Å².